The number of rotatable bonds is 6. The highest BCUT2D eigenvalue weighted by Crippen LogP contribution is 2.38. The predicted molar refractivity (Wildman–Crippen MR) is 120 cm³/mol. The van der Waals surface area contributed by atoms with E-state index < -0.39 is 6.23 Å². The predicted octanol–water partition coefficient (Wildman–Crippen LogP) is 6.39. The summed E-state index contributed by atoms with van der Waals surface area (Å²) >= 11 is 6.67. The standard InChI is InChI=1S/C26H24ClNO2/c1-19-23(17-24(27)21-13-7-3-8-14-21)25(29)28(18-20-11-5-2-6-12-20)26(30-19)22-15-9-4-10-16-22/h2-16,24,26H,17-18H2,1H3. The van der Waals surface area contributed by atoms with E-state index in [-0.39, 0.29) is 11.3 Å². The monoisotopic (exact) mass is 417 g/mol. The van der Waals surface area contributed by atoms with E-state index in [2.05, 4.69) is 0 Å². The molecule has 0 aliphatic carbocycles. The minimum Gasteiger partial charge on any atom is -0.470 e. The number of hydrogen-bond acceptors (Lipinski definition) is 2. The number of benzene rings is 3. The molecule has 0 saturated carbocycles. The largest absolute Gasteiger partial charge is 0.470 e. The molecule has 1 heterocycles. The van der Waals surface area contributed by atoms with Gasteiger partial charge >= 0.3 is 0 Å². The zero-order chi connectivity index (χ0) is 20.9. The van der Waals surface area contributed by atoms with Gasteiger partial charge in [0.05, 0.1) is 11.0 Å². The molecule has 152 valence electrons. The van der Waals surface area contributed by atoms with Crippen LogP contribution in [0.2, 0.25) is 0 Å². The molecular weight excluding hydrogens is 394 g/mol. The highest BCUT2D eigenvalue weighted by atomic mass is 35.5. The lowest BCUT2D eigenvalue weighted by Crippen LogP contribution is -2.40. The number of nitrogens with zero attached hydrogens (tertiary/aromatic N) is 1. The number of alkyl halides is 1. The van der Waals surface area contributed by atoms with Crippen LogP contribution < -0.4 is 0 Å². The summed E-state index contributed by atoms with van der Waals surface area (Å²) in [7, 11) is 0. The number of halogens is 1. The first-order valence-electron chi connectivity index (χ1n) is 10.1. The molecule has 3 aromatic carbocycles. The molecule has 2 atom stereocenters. The number of ether oxygens (including phenoxy) is 1. The Morgan fingerprint density at radius 1 is 0.900 bits per heavy atom. The summed E-state index contributed by atoms with van der Waals surface area (Å²) in [6.07, 6.45) is -0.0450. The van der Waals surface area contributed by atoms with E-state index >= 15 is 0 Å². The molecule has 0 bridgehead atoms. The van der Waals surface area contributed by atoms with Crippen LogP contribution in [0.5, 0.6) is 0 Å². The van der Waals surface area contributed by atoms with Crippen molar-refractivity contribution in [2.24, 2.45) is 0 Å². The average molecular weight is 418 g/mol. The SMILES string of the molecule is CC1=C(CC(Cl)c2ccccc2)C(=O)N(Cc2ccccc2)C(c2ccccc2)O1. The Morgan fingerprint density at radius 2 is 1.47 bits per heavy atom. The van der Waals surface area contributed by atoms with Gasteiger partial charge in [-0.15, -0.1) is 11.6 Å². The van der Waals surface area contributed by atoms with Gasteiger partial charge in [-0.05, 0) is 18.1 Å². The second kappa shape index (κ2) is 9.19. The Labute approximate surface area is 182 Å². The molecule has 0 spiro atoms. The summed E-state index contributed by atoms with van der Waals surface area (Å²) in [6, 6.07) is 29.7. The molecular formula is C26H24ClNO2. The molecule has 3 aromatic rings. The molecule has 1 aliphatic heterocycles. The van der Waals surface area contributed by atoms with Crippen molar-refractivity contribution in [1.82, 2.24) is 4.90 Å². The summed E-state index contributed by atoms with van der Waals surface area (Å²) < 4.78 is 6.30. The molecule has 0 aromatic heterocycles. The molecule has 30 heavy (non-hydrogen) atoms. The van der Waals surface area contributed by atoms with Crippen molar-refractivity contribution in [1.29, 1.82) is 0 Å². The van der Waals surface area contributed by atoms with Crippen molar-refractivity contribution in [2.45, 2.75) is 31.5 Å². The highest BCUT2D eigenvalue weighted by molar-refractivity contribution is 6.21. The summed E-state index contributed by atoms with van der Waals surface area (Å²) in [5.41, 5.74) is 3.62. The van der Waals surface area contributed by atoms with Crippen LogP contribution in [0, 0.1) is 0 Å². The Kier molecular flexibility index (Phi) is 6.20. The van der Waals surface area contributed by atoms with Crippen LogP contribution in [0.1, 0.15) is 41.6 Å². The van der Waals surface area contributed by atoms with Gasteiger partial charge in [-0.2, -0.15) is 0 Å². The fourth-order valence-corrected chi connectivity index (χ4v) is 4.02. The normalized spacial score (nSPS) is 17.6. The van der Waals surface area contributed by atoms with E-state index in [1.807, 2.05) is 97.9 Å². The summed E-state index contributed by atoms with van der Waals surface area (Å²) in [4.78, 5) is 15.4. The maximum absolute atomic E-state index is 13.6. The number of hydrogen-bond donors (Lipinski definition) is 0. The van der Waals surface area contributed by atoms with Crippen molar-refractivity contribution in [2.75, 3.05) is 0 Å². The van der Waals surface area contributed by atoms with Crippen molar-refractivity contribution in [3.05, 3.63) is 119 Å². The molecule has 2 unspecified atom stereocenters. The van der Waals surface area contributed by atoms with Crippen LogP contribution in [0.4, 0.5) is 0 Å². The molecule has 3 nitrogen and oxygen atoms in total. The number of allylic oxidation sites excluding steroid dienone is 1. The Morgan fingerprint density at radius 3 is 2.10 bits per heavy atom. The summed E-state index contributed by atoms with van der Waals surface area (Å²) in [6.45, 7) is 2.33. The van der Waals surface area contributed by atoms with Gasteiger partial charge in [0, 0.05) is 18.5 Å². The molecule has 0 fully saturated rings. The molecule has 4 heteroatoms. The molecule has 0 radical (unpaired) electrons. The van der Waals surface area contributed by atoms with Crippen LogP contribution in [-0.2, 0) is 16.1 Å². The second-order valence-electron chi connectivity index (χ2n) is 7.42. The lowest BCUT2D eigenvalue weighted by Gasteiger charge is -2.38. The summed E-state index contributed by atoms with van der Waals surface area (Å²) in [5, 5.41) is -0.296. The number of carbonyl (C=O) groups excluding carboxylic acids is 1. The lowest BCUT2D eigenvalue weighted by molar-refractivity contribution is -0.146. The molecule has 0 N–H and O–H groups in total. The lowest BCUT2D eigenvalue weighted by atomic mass is 9.99. The van der Waals surface area contributed by atoms with E-state index in [1.165, 1.54) is 0 Å². The Balaban J connectivity index is 1.66. The van der Waals surface area contributed by atoms with Crippen LogP contribution in [-0.4, -0.2) is 10.8 Å². The van der Waals surface area contributed by atoms with Crippen molar-refractivity contribution < 1.29 is 9.53 Å². The average Bonchev–Trinajstić information content (AvgIpc) is 2.80. The number of carbonyl (C=O) groups is 1. The van der Waals surface area contributed by atoms with Crippen LogP contribution in [0.25, 0.3) is 0 Å². The van der Waals surface area contributed by atoms with E-state index in [0.29, 0.717) is 24.3 Å². The smallest absolute Gasteiger partial charge is 0.256 e. The molecule has 4 rings (SSSR count). The minimum absolute atomic E-state index is 0.0296. The van der Waals surface area contributed by atoms with Gasteiger partial charge in [-0.3, -0.25) is 9.69 Å². The first-order chi connectivity index (χ1) is 14.6. The zero-order valence-corrected chi connectivity index (χ0v) is 17.6. The van der Waals surface area contributed by atoms with Gasteiger partial charge in [-0.25, -0.2) is 0 Å². The maximum atomic E-state index is 13.6. The topological polar surface area (TPSA) is 29.5 Å². The van der Waals surface area contributed by atoms with Gasteiger partial charge in [-0.1, -0.05) is 91.0 Å². The fourth-order valence-electron chi connectivity index (χ4n) is 3.72. The van der Waals surface area contributed by atoms with Gasteiger partial charge in [0.1, 0.15) is 5.76 Å². The van der Waals surface area contributed by atoms with Gasteiger partial charge in [0.2, 0.25) is 6.23 Å². The fraction of sp³-hybridized carbons (Fsp3) is 0.192. The third-order valence-corrected chi connectivity index (χ3v) is 5.75. The molecule has 0 saturated heterocycles. The van der Waals surface area contributed by atoms with E-state index in [0.717, 1.165) is 16.7 Å². The van der Waals surface area contributed by atoms with Crippen molar-refractivity contribution in [3.63, 3.8) is 0 Å². The van der Waals surface area contributed by atoms with E-state index in [1.54, 1.807) is 4.90 Å². The van der Waals surface area contributed by atoms with Crippen LogP contribution in [0.3, 0.4) is 0 Å². The van der Waals surface area contributed by atoms with E-state index in [9.17, 15) is 4.79 Å². The zero-order valence-electron chi connectivity index (χ0n) is 16.9. The first kappa shape index (κ1) is 20.2. The van der Waals surface area contributed by atoms with Crippen LogP contribution >= 0.6 is 11.6 Å². The maximum Gasteiger partial charge on any atom is 0.256 e. The molecule has 1 aliphatic rings. The van der Waals surface area contributed by atoms with Crippen LogP contribution in [0.15, 0.2) is 102 Å². The Hall–Kier alpha value is -3.04. The third-order valence-electron chi connectivity index (χ3n) is 5.34. The van der Waals surface area contributed by atoms with E-state index in [4.69, 9.17) is 16.3 Å². The second-order valence-corrected chi connectivity index (χ2v) is 7.94. The van der Waals surface area contributed by atoms with Gasteiger partial charge in [0.25, 0.3) is 5.91 Å². The molecule has 1 amide bonds. The number of amides is 1. The quantitative estimate of drug-likeness (QED) is 0.435. The third kappa shape index (κ3) is 4.42. The van der Waals surface area contributed by atoms with Crippen molar-refractivity contribution in [3.8, 4) is 0 Å². The van der Waals surface area contributed by atoms with Crippen molar-refractivity contribution >= 4 is 17.5 Å². The summed E-state index contributed by atoms with van der Waals surface area (Å²) in [5.74, 6) is 0.609. The highest BCUT2D eigenvalue weighted by Gasteiger charge is 2.36. The Bertz CT molecular complexity index is 1020. The van der Waals surface area contributed by atoms with Gasteiger partial charge in [0.15, 0.2) is 0 Å². The van der Waals surface area contributed by atoms with Gasteiger partial charge < -0.3 is 4.74 Å². The minimum atomic E-state index is -0.465. The first-order valence-corrected chi connectivity index (χ1v) is 10.5.